The fourth-order valence-corrected chi connectivity index (χ4v) is 3.44. The fourth-order valence-electron chi connectivity index (χ4n) is 3.44. The zero-order valence-electron chi connectivity index (χ0n) is 14.4. The first kappa shape index (κ1) is 17.2. The van der Waals surface area contributed by atoms with E-state index in [-0.39, 0.29) is 23.3 Å². The topological polar surface area (TPSA) is 87.0 Å². The molecule has 0 saturated heterocycles. The number of aromatic hydroxyl groups is 1. The number of imidazole rings is 1. The summed E-state index contributed by atoms with van der Waals surface area (Å²) in [5.74, 6) is -0.498. The van der Waals surface area contributed by atoms with Crippen molar-refractivity contribution < 1.29 is 18.7 Å². The van der Waals surface area contributed by atoms with Gasteiger partial charge in [0.15, 0.2) is 0 Å². The quantitative estimate of drug-likeness (QED) is 0.739. The number of hydrogen-bond donors (Lipinski definition) is 2. The highest BCUT2D eigenvalue weighted by atomic mass is 19.3. The number of nitrogens with one attached hydrogen (secondary N) is 1. The average Bonchev–Trinajstić information content (AvgIpc) is 3.26. The van der Waals surface area contributed by atoms with Crippen molar-refractivity contribution in [1.29, 1.82) is 0 Å². The van der Waals surface area contributed by atoms with E-state index < -0.39 is 12.1 Å². The minimum atomic E-state index is -2.74. The zero-order valence-corrected chi connectivity index (χ0v) is 14.4. The van der Waals surface area contributed by atoms with Crippen LogP contribution in [-0.4, -0.2) is 42.2 Å². The maximum Gasteiger partial charge on any atom is 0.282 e. The number of phenolic OH excluding ortho intramolecular Hbond substituents is 1. The van der Waals surface area contributed by atoms with Gasteiger partial charge in [-0.2, -0.15) is 5.10 Å². The van der Waals surface area contributed by atoms with Crippen LogP contribution >= 0.6 is 0 Å². The summed E-state index contributed by atoms with van der Waals surface area (Å²) >= 11 is 0. The molecule has 0 spiro atoms. The van der Waals surface area contributed by atoms with Crippen molar-refractivity contribution in [3.63, 3.8) is 0 Å². The number of halogens is 2. The molecule has 1 amide bonds. The van der Waals surface area contributed by atoms with Crippen LogP contribution in [0.4, 0.5) is 8.78 Å². The summed E-state index contributed by atoms with van der Waals surface area (Å²) in [6.07, 6.45) is -1.17. The molecule has 1 aliphatic rings. The van der Waals surface area contributed by atoms with Gasteiger partial charge in [-0.05, 0) is 23.8 Å². The van der Waals surface area contributed by atoms with Crippen molar-refractivity contribution in [3.05, 3.63) is 65.0 Å². The molecule has 0 saturated carbocycles. The lowest BCUT2D eigenvalue weighted by molar-refractivity contribution is 0.0710. The summed E-state index contributed by atoms with van der Waals surface area (Å²) < 4.78 is 27.0. The van der Waals surface area contributed by atoms with Crippen LogP contribution in [0.5, 0.6) is 5.75 Å². The molecule has 1 atom stereocenters. The molecule has 3 aromatic rings. The lowest BCUT2D eigenvalue weighted by Gasteiger charge is -2.32. The first-order valence-electron chi connectivity index (χ1n) is 8.36. The van der Waals surface area contributed by atoms with E-state index in [1.54, 1.807) is 29.4 Å². The highest BCUT2D eigenvalue weighted by Gasteiger charge is 2.33. The van der Waals surface area contributed by atoms with Crippen LogP contribution in [0.3, 0.4) is 0 Å². The summed E-state index contributed by atoms with van der Waals surface area (Å²) in [4.78, 5) is 21.9. The van der Waals surface area contributed by atoms with Gasteiger partial charge < -0.3 is 15.0 Å². The Bertz CT molecular complexity index is 997. The number of carbonyl (C=O) groups is 1. The molecule has 2 aromatic heterocycles. The smallest absolute Gasteiger partial charge is 0.282 e. The molecule has 0 fully saturated rings. The number of phenols is 1. The number of rotatable bonds is 3. The zero-order chi connectivity index (χ0) is 19.1. The number of H-pyrrole nitrogens is 1. The van der Waals surface area contributed by atoms with Gasteiger partial charge >= 0.3 is 0 Å². The van der Waals surface area contributed by atoms with Gasteiger partial charge in [-0.1, -0.05) is 12.1 Å². The van der Waals surface area contributed by atoms with E-state index in [4.69, 9.17) is 0 Å². The highest BCUT2D eigenvalue weighted by Crippen LogP contribution is 2.33. The van der Waals surface area contributed by atoms with Crippen molar-refractivity contribution >= 4 is 5.91 Å². The van der Waals surface area contributed by atoms with Gasteiger partial charge in [0.1, 0.15) is 17.1 Å². The molecule has 1 aromatic carbocycles. The van der Waals surface area contributed by atoms with Crippen LogP contribution in [0.1, 0.15) is 45.5 Å². The molecular weight excluding hydrogens is 356 g/mol. The molecule has 27 heavy (non-hydrogen) atoms. The molecule has 4 rings (SSSR count). The van der Waals surface area contributed by atoms with E-state index in [0.29, 0.717) is 13.1 Å². The van der Waals surface area contributed by atoms with Gasteiger partial charge in [-0.3, -0.25) is 9.48 Å². The van der Waals surface area contributed by atoms with Crippen molar-refractivity contribution in [2.75, 3.05) is 6.54 Å². The third kappa shape index (κ3) is 3.05. The Labute approximate surface area is 153 Å². The minimum absolute atomic E-state index is 0.0999. The normalized spacial score (nSPS) is 16.6. The second-order valence-electron chi connectivity index (χ2n) is 6.48. The summed E-state index contributed by atoms with van der Waals surface area (Å²) in [7, 11) is 1.47. The highest BCUT2D eigenvalue weighted by molar-refractivity contribution is 5.93. The molecular formula is C18H17F2N5O2. The van der Waals surface area contributed by atoms with E-state index in [9.17, 15) is 18.7 Å². The summed E-state index contributed by atoms with van der Waals surface area (Å²) in [5.41, 5.74) is 2.08. The summed E-state index contributed by atoms with van der Waals surface area (Å²) in [5, 5.41) is 13.5. The minimum Gasteiger partial charge on any atom is -0.508 e. The Morgan fingerprint density at radius 2 is 2.19 bits per heavy atom. The Morgan fingerprint density at radius 3 is 2.89 bits per heavy atom. The van der Waals surface area contributed by atoms with Gasteiger partial charge in [0, 0.05) is 19.5 Å². The molecule has 140 valence electrons. The second kappa shape index (κ2) is 6.49. The molecule has 9 heteroatoms. The van der Waals surface area contributed by atoms with Crippen LogP contribution in [0.15, 0.2) is 36.7 Å². The van der Waals surface area contributed by atoms with Gasteiger partial charge in [-0.25, -0.2) is 13.8 Å². The Balaban J connectivity index is 1.68. The number of aryl methyl sites for hydroxylation is 1. The van der Waals surface area contributed by atoms with Gasteiger partial charge in [0.25, 0.3) is 12.3 Å². The second-order valence-corrected chi connectivity index (χ2v) is 6.48. The number of carbonyl (C=O) groups excluding carboxylic acids is 1. The number of fused-ring (bicyclic) bond motifs is 1. The lowest BCUT2D eigenvalue weighted by Crippen LogP contribution is -2.39. The van der Waals surface area contributed by atoms with Crippen LogP contribution in [-0.2, 0) is 13.6 Å². The largest absolute Gasteiger partial charge is 0.508 e. The van der Waals surface area contributed by atoms with Crippen molar-refractivity contribution in [2.24, 2.45) is 7.05 Å². The maximum absolute atomic E-state index is 13.0. The molecule has 3 heterocycles. The predicted octanol–water partition coefficient (Wildman–Crippen LogP) is 2.57. The number of nitrogens with zero attached hydrogens (tertiary/aromatic N) is 4. The number of alkyl halides is 2. The number of aromatic nitrogens is 4. The summed E-state index contributed by atoms with van der Waals surface area (Å²) in [6.45, 7) is 0.605. The number of hydrogen-bond acceptors (Lipinski definition) is 4. The van der Waals surface area contributed by atoms with E-state index in [2.05, 4.69) is 15.1 Å². The molecule has 0 aliphatic carbocycles. The first-order valence-corrected chi connectivity index (χ1v) is 8.36. The van der Waals surface area contributed by atoms with Crippen LogP contribution in [0, 0.1) is 0 Å². The number of amides is 1. The Morgan fingerprint density at radius 1 is 1.37 bits per heavy atom. The average molecular weight is 373 g/mol. The lowest BCUT2D eigenvalue weighted by atomic mass is 9.90. The molecule has 7 nitrogen and oxygen atoms in total. The Kier molecular flexibility index (Phi) is 4.14. The molecule has 1 unspecified atom stereocenters. The van der Waals surface area contributed by atoms with Crippen LogP contribution in [0.25, 0.3) is 0 Å². The van der Waals surface area contributed by atoms with Crippen molar-refractivity contribution in [3.8, 4) is 5.75 Å². The number of benzene rings is 1. The van der Waals surface area contributed by atoms with Crippen molar-refractivity contribution in [2.45, 2.75) is 18.9 Å². The monoisotopic (exact) mass is 373 g/mol. The maximum atomic E-state index is 13.0. The predicted molar refractivity (Wildman–Crippen MR) is 91.4 cm³/mol. The molecule has 0 radical (unpaired) electrons. The van der Waals surface area contributed by atoms with Crippen LogP contribution in [0.2, 0.25) is 0 Å². The SMILES string of the molecule is Cn1nc(C(F)F)cc1C(=O)N1Cc2[nH]cnc2C(c2cccc(O)c2)C1. The van der Waals surface area contributed by atoms with E-state index in [0.717, 1.165) is 23.0 Å². The number of aromatic amines is 1. The molecule has 0 bridgehead atoms. The van der Waals surface area contributed by atoms with Gasteiger partial charge in [0.05, 0.1) is 24.3 Å². The van der Waals surface area contributed by atoms with Crippen molar-refractivity contribution in [1.82, 2.24) is 24.6 Å². The van der Waals surface area contributed by atoms with Gasteiger partial charge in [-0.15, -0.1) is 0 Å². The molecule has 1 aliphatic heterocycles. The standard InChI is InChI=1S/C18H17F2N5O2/c1-24-15(6-13(23-24)17(19)20)18(27)25-7-12(10-3-2-4-11(26)5-10)16-14(8-25)21-9-22-16/h2-6,9,12,17,26H,7-8H2,1H3,(H,21,22). The molecule has 2 N–H and O–H groups in total. The van der Waals surface area contributed by atoms with E-state index in [1.807, 2.05) is 6.07 Å². The first-order chi connectivity index (χ1) is 12.9. The van der Waals surface area contributed by atoms with Crippen LogP contribution < -0.4 is 0 Å². The summed E-state index contributed by atoms with van der Waals surface area (Å²) in [6, 6.07) is 7.92. The van der Waals surface area contributed by atoms with E-state index in [1.165, 1.54) is 11.7 Å². The fraction of sp³-hybridized carbons (Fsp3) is 0.278. The third-order valence-corrected chi connectivity index (χ3v) is 4.73. The van der Waals surface area contributed by atoms with Gasteiger partial charge in [0.2, 0.25) is 0 Å². The Hall–Kier alpha value is -3.23. The van der Waals surface area contributed by atoms with E-state index >= 15 is 0 Å². The third-order valence-electron chi connectivity index (χ3n) is 4.73.